The molecule has 2 aromatic carbocycles. The number of aryl methyl sites for hydroxylation is 3. The van der Waals surface area contributed by atoms with Gasteiger partial charge in [-0.1, -0.05) is 29.8 Å². The molecule has 0 unspecified atom stereocenters. The molecular formula is C22H26F3N3O2. The van der Waals surface area contributed by atoms with E-state index in [0.29, 0.717) is 12.1 Å². The first kappa shape index (κ1) is 23.4. The summed E-state index contributed by atoms with van der Waals surface area (Å²) >= 11 is 0. The van der Waals surface area contributed by atoms with E-state index in [-0.39, 0.29) is 24.9 Å². The number of rotatable bonds is 7. The summed E-state index contributed by atoms with van der Waals surface area (Å²) in [5.74, 6) is -0.680. The summed E-state index contributed by atoms with van der Waals surface area (Å²) in [7, 11) is 1.68. The van der Waals surface area contributed by atoms with Crippen molar-refractivity contribution in [2.75, 3.05) is 25.5 Å². The Balaban J connectivity index is 1.80. The predicted octanol–water partition coefficient (Wildman–Crippen LogP) is 3.82. The summed E-state index contributed by atoms with van der Waals surface area (Å²) < 4.78 is 37.8. The highest BCUT2D eigenvalue weighted by Gasteiger charge is 2.29. The lowest BCUT2D eigenvalue weighted by Gasteiger charge is -2.17. The lowest BCUT2D eigenvalue weighted by molar-refractivity contribution is -0.137. The number of hydrogen-bond acceptors (Lipinski definition) is 3. The maximum absolute atomic E-state index is 12.6. The number of nitrogens with zero attached hydrogens (tertiary/aromatic N) is 1. The molecule has 0 heterocycles. The zero-order chi connectivity index (χ0) is 22.5. The van der Waals surface area contributed by atoms with Gasteiger partial charge in [0.25, 0.3) is 0 Å². The van der Waals surface area contributed by atoms with E-state index in [0.717, 1.165) is 34.5 Å². The van der Waals surface area contributed by atoms with Crippen LogP contribution in [0.4, 0.5) is 18.9 Å². The van der Waals surface area contributed by atoms with Crippen LogP contribution in [0.3, 0.4) is 0 Å². The van der Waals surface area contributed by atoms with Crippen molar-refractivity contribution < 1.29 is 22.8 Å². The number of hydrogen-bond donors (Lipinski definition) is 2. The van der Waals surface area contributed by atoms with Crippen molar-refractivity contribution in [1.82, 2.24) is 10.2 Å². The summed E-state index contributed by atoms with van der Waals surface area (Å²) in [5, 5.41) is 5.37. The Morgan fingerprint density at radius 3 is 2.07 bits per heavy atom. The molecule has 2 amide bonds. The molecule has 2 rings (SSSR count). The summed E-state index contributed by atoms with van der Waals surface area (Å²) in [6, 6.07) is 8.74. The van der Waals surface area contributed by atoms with Crippen LogP contribution >= 0.6 is 0 Å². The molecule has 2 N–H and O–H groups in total. The summed E-state index contributed by atoms with van der Waals surface area (Å²) in [4.78, 5) is 25.9. The molecule has 0 aliphatic heterocycles. The standard InChI is InChI=1S/C22H26F3N3O2/c1-14-9-15(2)21(16(3)10-14)27-19(29)11-26-20(30)13-28(4)12-17-5-7-18(8-6-17)22(23,24)25/h5-10H,11-13H2,1-4H3,(H,26,30)(H,27,29). The molecule has 0 saturated heterocycles. The van der Waals surface area contributed by atoms with Crippen LogP contribution in [0, 0.1) is 20.8 Å². The highest BCUT2D eigenvalue weighted by molar-refractivity contribution is 5.96. The van der Waals surface area contributed by atoms with Gasteiger partial charge in [0.15, 0.2) is 0 Å². The quantitative estimate of drug-likeness (QED) is 0.715. The lowest BCUT2D eigenvalue weighted by atomic mass is 10.1. The average Bonchev–Trinajstić information content (AvgIpc) is 2.62. The first-order valence-electron chi connectivity index (χ1n) is 9.45. The molecule has 0 atom stereocenters. The van der Waals surface area contributed by atoms with Crippen molar-refractivity contribution in [2.24, 2.45) is 0 Å². The van der Waals surface area contributed by atoms with Gasteiger partial charge in [-0.25, -0.2) is 0 Å². The zero-order valence-corrected chi connectivity index (χ0v) is 17.5. The highest BCUT2D eigenvalue weighted by Crippen LogP contribution is 2.29. The van der Waals surface area contributed by atoms with Gasteiger partial charge in [-0.05, 0) is 56.6 Å². The van der Waals surface area contributed by atoms with Crippen molar-refractivity contribution in [3.05, 3.63) is 64.2 Å². The molecule has 8 heteroatoms. The maximum Gasteiger partial charge on any atom is 0.416 e. The first-order valence-corrected chi connectivity index (χ1v) is 9.45. The SMILES string of the molecule is Cc1cc(C)c(NC(=O)CNC(=O)CN(C)Cc2ccc(C(F)(F)F)cc2)c(C)c1. The fraction of sp³-hybridized carbons (Fsp3) is 0.364. The Bertz CT molecular complexity index is 886. The van der Waals surface area contributed by atoms with Crippen LogP contribution in [0.25, 0.3) is 0 Å². The number of alkyl halides is 3. The number of carbonyl (C=O) groups is 2. The highest BCUT2D eigenvalue weighted by atomic mass is 19.4. The van der Waals surface area contributed by atoms with E-state index < -0.39 is 11.7 Å². The van der Waals surface area contributed by atoms with E-state index in [4.69, 9.17) is 0 Å². The van der Waals surface area contributed by atoms with Crippen LogP contribution in [0.2, 0.25) is 0 Å². The van der Waals surface area contributed by atoms with Crippen LogP contribution in [0.15, 0.2) is 36.4 Å². The van der Waals surface area contributed by atoms with Crippen molar-refractivity contribution in [1.29, 1.82) is 0 Å². The summed E-state index contributed by atoms with van der Waals surface area (Å²) in [6.45, 7) is 5.94. The third-order valence-electron chi connectivity index (χ3n) is 4.53. The number of amides is 2. The molecule has 0 radical (unpaired) electrons. The third-order valence-corrected chi connectivity index (χ3v) is 4.53. The van der Waals surface area contributed by atoms with Crippen LogP contribution in [-0.4, -0.2) is 36.9 Å². The second-order valence-corrected chi connectivity index (χ2v) is 7.47. The Morgan fingerprint density at radius 2 is 1.53 bits per heavy atom. The molecule has 0 saturated carbocycles. The number of likely N-dealkylation sites (N-methyl/N-ethyl adjacent to an activating group) is 1. The smallest absolute Gasteiger partial charge is 0.346 e. The van der Waals surface area contributed by atoms with Gasteiger partial charge < -0.3 is 10.6 Å². The first-order chi connectivity index (χ1) is 14.0. The van der Waals surface area contributed by atoms with Crippen LogP contribution in [0.1, 0.15) is 27.8 Å². The van der Waals surface area contributed by atoms with Crippen LogP contribution in [0.5, 0.6) is 0 Å². The minimum absolute atomic E-state index is 0.0108. The molecule has 0 spiro atoms. The normalized spacial score (nSPS) is 11.5. The minimum atomic E-state index is -4.37. The number of anilines is 1. The van der Waals surface area contributed by atoms with Crippen LogP contribution in [-0.2, 0) is 22.3 Å². The van der Waals surface area contributed by atoms with Gasteiger partial charge in [-0.2, -0.15) is 13.2 Å². The Kier molecular flexibility index (Phi) is 7.61. The van der Waals surface area contributed by atoms with Crippen LogP contribution < -0.4 is 10.6 Å². The average molecular weight is 421 g/mol. The number of benzene rings is 2. The Morgan fingerprint density at radius 1 is 0.967 bits per heavy atom. The maximum atomic E-state index is 12.6. The summed E-state index contributed by atoms with van der Waals surface area (Å²) in [5.41, 5.74) is 3.68. The second kappa shape index (κ2) is 9.75. The summed E-state index contributed by atoms with van der Waals surface area (Å²) in [6.07, 6.45) is -4.37. The van der Waals surface area contributed by atoms with Gasteiger partial charge in [0.1, 0.15) is 0 Å². The molecule has 2 aromatic rings. The topological polar surface area (TPSA) is 61.4 Å². The molecule has 0 aliphatic carbocycles. The second-order valence-electron chi connectivity index (χ2n) is 7.47. The van der Waals surface area contributed by atoms with E-state index in [1.807, 2.05) is 32.9 Å². The molecule has 30 heavy (non-hydrogen) atoms. The zero-order valence-electron chi connectivity index (χ0n) is 17.5. The molecule has 0 bridgehead atoms. The van der Waals surface area contributed by atoms with Gasteiger partial charge in [0, 0.05) is 12.2 Å². The van der Waals surface area contributed by atoms with E-state index in [1.165, 1.54) is 12.1 Å². The van der Waals surface area contributed by atoms with Crippen molar-refractivity contribution in [3.63, 3.8) is 0 Å². The van der Waals surface area contributed by atoms with Gasteiger partial charge in [0.2, 0.25) is 11.8 Å². The monoisotopic (exact) mass is 421 g/mol. The Labute approximate surface area is 174 Å². The van der Waals surface area contributed by atoms with E-state index in [9.17, 15) is 22.8 Å². The fourth-order valence-electron chi connectivity index (χ4n) is 3.21. The minimum Gasteiger partial charge on any atom is -0.346 e. The molecule has 5 nitrogen and oxygen atoms in total. The van der Waals surface area contributed by atoms with E-state index in [1.54, 1.807) is 11.9 Å². The van der Waals surface area contributed by atoms with E-state index in [2.05, 4.69) is 10.6 Å². The van der Waals surface area contributed by atoms with Gasteiger partial charge in [-0.15, -0.1) is 0 Å². The molecular weight excluding hydrogens is 395 g/mol. The van der Waals surface area contributed by atoms with Gasteiger partial charge in [0.05, 0.1) is 18.7 Å². The number of carbonyl (C=O) groups excluding carboxylic acids is 2. The molecule has 0 aliphatic rings. The van der Waals surface area contributed by atoms with Crippen molar-refractivity contribution >= 4 is 17.5 Å². The lowest BCUT2D eigenvalue weighted by Crippen LogP contribution is -2.39. The van der Waals surface area contributed by atoms with E-state index >= 15 is 0 Å². The predicted molar refractivity (Wildman–Crippen MR) is 110 cm³/mol. The van der Waals surface area contributed by atoms with Gasteiger partial charge >= 0.3 is 6.18 Å². The van der Waals surface area contributed by atoms with Gasteiger partial charge in [-0.3, -0.25) is 14.5 Å². The van der Waals surface area contributed by atoms with Crippen molar-refractivity contribution in [3.8, 4) is 0 Å². The third kappa shape index (κ3) is 6.88. The number of halogens is 3. The Hall–Kier alpha value is -2.87. The van der Waals surface area contributed by atoms with Crippen molar-refractivity contribution in [2.45, 2.75) is 33.5 Å². The number of nitrogens with one attached hydrogen (secondary N) is 2. The molecule has 0 fully saturated rings. The molecule has 0 aromatic heterocycles. The molecule has 162 valence electrons. The fourth-order valence-corrected chi connectivity index (χ4v) is 3.21. The largest absolute Gasteiger partial charge is 0.416 e.